The number of hydrogen-bond donors (Lipinski definition) is 2. The molecule has 23 heavy (non-hydrogen) atoms. The van der Waals surface area contributed by atoms with Crippen molar-refractivity contribution < 1.29 is 19.1 Å². The van der Waals surface area contributed by atoms with Crippen molar-refractivity contribution in [2.24, 2.45) is 0 Å². The van der Waals surface area contributed by atoms with Gasteiger partial charge in [-0.2, -0.15) is 5.48 Å². The monoisotopic (exact) mass is 326 g/mol. The highest BCUT2D eigenvalue weighted by Gasteiger charge is 2.15. The number of rotatable bonds is 11. The van der Waals surface area contributed by atoms with E-state index in [1.165, 1.54) is 0 Å². The first kappa shape index (κ1) is 19.7. The summed E-state index contributed by atoms with van der Waals surface area (Å²) >= 11 is 0. The van der Waals surface area contributed by atoms with Gasteiger partial charge in [0.15, 0.2) is 0 Å². The van der Waals surface area contributed by atoms with E-state index in [1.807, 2.05) is 45.9 Å². The summed E-state index contributed by atoms with van der Waals surface area (Å²) in [7, 11) is 0. The number of ether oxygens (including phenoxy) is 2. The summed E-state index contributed by atoms with van der Waals surface area (Å²) in [4.78, 5) is 17.1. The molecule has 0 aromatic rings. The lowest BCUT2D eigenvalue weighted by molar-refractivity contribution is -0.122. The van der Waals surface area contributed by atoms with Gasteiger partial charge in [0.25, 0.3) is 0 Å². The van der Waals surface area contributed by atoms with Gasteiger partial charge in [-0.05, 0) is 33.8 Å². The van der Waals surface area contributed by atoms with E-state index in [2.05, 4.69) is 10.8 Å². The standard InChI is InChI=1S/C17H30N2O4/c1-13(2)19-22-11-10-21-9-8-17(20)18-15-6-5-7-16(12-15)23-14(3)4/h5-7,13-15,19H,8-12H2,1-4H3,(H,18,20). The maximum Gasteiger partial charge on any atom is 0.222 e. The molecule has 1 atom stereocenters. The van der Waals surface area contributed by atoms with Crippen molar-refractivity contribution in [3.8, 4) is 0 Å². The molecule has 1 aliphatic rings. The maximum atomic E-state index is 11.9. The van der Waals surface area contributed by atoms with Gasteiger partial charge in [-0.3, -0.25) is 9.63 Å². The summed E-state index contributed by atoms with van der Waals surface area (Å²) in [5, 5.41) is 2.97. The molecule has 0 fully saturated rings. The molecule has 0 heterocycles. The number of carbonyl (C=O) groups excluding carboxylic acids is 1. The molecule has 1 unspecified atom stereocenters. The highest BCUT2D eigenvalue weighted by Crippen LogP contribution is 2.15. The van der Waals surface area contributed by atoms with Gasteiger partial charge < -0.3 is 14.8 Å². The Morgan fingerprint density at radius 1 is 1.26 bits per heavy atom. The van der Waals surface area contributed by atoms with Crippen molar-refractivity contribution in [2.75, 3.05) is 19.8 Å². The van der Waals surface area contributed by atoms with E-state index in [1.54, 1.807) is 0 Å². The van der Waals surface area contributed by atoms with Gasteiger partial charge in [0.1, 0.15) is 0 Å². The number of amides is 1. The van der Waals surface area contributed by atoms with Gasteiger partial charge in [-0.15, -0.1) is 0 Å². The molecule has 0 aromatic heterocycles. The highest BCUT2D eigenvalue weighted by atomic mass is 16.7. The van der Waals surface area contributed by atoms with Crippen LogP contribution in [0.15, 0.2) is 24.0 Å². The van der Waals surface area contributed by atoms with Crippen LogP contribution in [0.3, 0.4) is 0 Å². The molecular weight excluding hydrogens is 296 g/mol. The fraction of sp³-hybridized carbons (Fsp3) is 0.706. The first-order chi connectivity index (χ1) is 11.0. The Morgan fingerprint density at radius 2 is 2.04 bits per heavy atom. The van der Waals surface area contributed by atoms with Crippen LogP contribution in [-0.4, -0.2) is 43.9 Å². The lowest BCUT2D eigenvalue weighted by Crippen LogP contribution is -2.35. The van der Waals surface area contributed by atoms with Crippen molar-refractivity contribution in [2.45, 2.75) is 58.7 Å². The third-order valence-corrected chi connectivity index (χ3v) is 2.90. The van der Waals surface area contributed by atoms with Crippen LogP contribution in [-0.2, 0) is 19.1 Å². The van der Waals surface area contributed by atoms with E-state index in [0.29, 0.717) is 32.7 Å². The molecule has 0 aliphatic heterocycles. The summed E-state index contributed by atoms with van der Waals surface area (Å²) < 4.78 is 11.0. The second-order valence-corrected chi connectivity index (χ2v) is 6.05. The summed E-state index contributed by atoms with van der Waals surface area (Å²) in [6, 6.07) is 0.266. The van der Waals surface area contributed by atoms with Gasteiger partial charge in [0.2, 0.25) is 5.91 Å². The van der Waals surface area contributed by atoms with Crippen LogP contribution < -0.4 is 10.8 Å². The number of carbonyl (C=O) groups is 1. The van der Waals surface area contributed by atoms with E-state index in [9.17, 15) is 4.79 Å². The Morgan fingerprint density at radius 3 is 2.74 bits per heavy atom. The van der Waals surface area contributed by atoms with Crippen LogP contribution in [0.4, 0.5) is 0 Å². The van der Waals surface area contributed by atoms with Gasteiger partial charge in [0, 0.05) is 18.9 Å². The minimum absolute atomic E-state index is 0.0141. The Bertz CT molecular complexity index is 405. The van der Waals surface area contributed by atoms with Crippen molar-refractivity contribution in [1.29, 1.82) is 0 Å². The number of hydroxylamine groups is 1. The van der Waals surface area contributed by atoms with Crippen LogP contribution in [0.1, 0.15) is 40.5 Å². The predicted molar refractivity (Wildman–Crippen MR) is 89.7 cm³/mol. The molecule has 0 saturated carbocycles. The van der Waals surface area contributed by atoms with Crippen LogP contribution in [0.2, 0.25) is 0 Å². The molecule has 2 N–H and O–H groups in total. The van der Waals surface area contributed by atoms with Crippen LogP contribution in [0.25, 0.3) is 0 Å². The lowest BCUT2D eigenvalue weighted by Gasteiger charge is -2.21. The lowest BCUT2D eigenvalue weighted by atomic mass is 10.1. The molecule has 0 spiro atoms. The number of hydrogen-bond acceptors (Lipinski definition) is 5. The molecule has 6 heteroatoms. The Kier molecular flexibility index (Phi) is 9.59. The van der Waals surface area contributed by atoms with Crippen molar-refractivity contribution in [1.82, 2.24) is 10.8 Å². The molecule has 1 aliphatic carbocycles. The molecule has 6 nitrogen and oxygen atoms in total. The molecule has 1 rings (SSSR count). The molecule has 0 saturated heterocycles. The maximum absolute atomic E-state index is 11.9. The van der Waals surface area contributed by atoms with E-state index in [-0.39, 0.29) is 24.1 Å². The van der Waals surface area contributed by atoms with Gasteiger partial charge in [-0.1, -0.05) is 12.2 Å². The van der Waals surface area contributed by atoms with E-state index in [4.69, 9.17) is 14.3 Å². The summed E-state index contributed by atoms with van der Waals surface area (Å²) in [6.45, 7) is 9.29. The molecule has 0 radical (unpaired) electrons. The fourth-order valence-electron chi connectivity index (χ4n) is 2.01. The van der Waals surface area contributed by atoms with Crippen molar-refractivity contribution >= 4 is 5.91 Å². The zero-order valence-electron chi connectivity index (χ0n) is 14.6. The summed E-state index contributed by atoms with van der Waals surface area (Å²) in [5.74, 6) is 0.880. The van der Waals surface area contributed by atoms with E-state index < -0.39 is 0 Å². The molecule has 1 amide bonds. The second-order valence-electron chi connectivity index (χ2n) is 6.05. The number of nitrogens with one attached hydrogen (secondary N) is 2. The van der Waals surface area contributed by atoms with E-state index in [0.717, 1.165) is 5.76 Å². The van der Waals surface area contributed by atoms with Gasteiger partial charge in [-0.25, -0.2) is 0 Å². The molecule has 0 aromatic carbocycles. The highest BCUT2D eigenvalue weighted by molar-refractivity contribution is 5.76. The third kappa shape index (κ3) is 10.1. The molecule has 132 valence electrons. The summed E-state index contributed by atoms with van der Waals surface area (Å²) in [5.41, 5.74) is 2.83. The second kappa shape index (κ2) is 11.2. The topological polar surface area (TPSA) is 68.8 Å². The normalized spacial score (nSPS) is 17.5. The first-order valence-electron chi connectivity index (χ1n) is 8.25. The first-order valence-corrected chi connectivity index (χ1v) is 8.25. The van der Waals surface area contributed by atoms with Crippen LogP contribution >= 0.6 is 0 Å². The van der Waals surface area contributed by atoms with Gasteiger partial charge >= 0.3 is 0 Å². The quantitative estimate of drug-likeness (QED) is 0.449. The largest absolute Gasteiger partial charge is 0.495 e. The molecular formula is C17H30N2O4. The Balaban J connectivity index is 2.08. The SMILES string of the molecule is CC(C)NOCCOCCC(=O)NC1C=CC=C(OC(C)C)C1. The van der Waals surface area contributed by atoms with Gasteiger partial charge in [0.05, 0.1) is 37.7 Å². The zero-order chi connectivity index (χ0) is 17.1. The number of allylic oxidation sites excluding steroid dienone is 2. The van der Waals surface area contributed by atoms with Crippen molar-refractivity contribution in [3.63, 3.8) is 0 Å². The third-order valence-electron chi connectivity index (χ3n) is 2.90. The minimum atomic E-state index is -0.0216. The Hall–Kier alpha value is -1.37. The average Bonchev–Trinajstić information content (AvgIpc) is 2.45. The zero-order valence-corrected chi connectivity index (χ0v) is 14.6. The van der Waals surface area contributed by atoms with Crippen molar-refractivity contribution in [3.05, 3.63) is 24.0 Å². The summed E-state index contributed by atoms with van der Waals surface area (Å²) in [6.07, 6.45) is 7.00. The van der Waals surface area contributed by atoms with Crippen LogP contribution in [0, 0.1) is 0 Å². The van der Waals surface area contributed by atoms with E-state index >= 15 is 0 Å². The predicted octanol–water partition coefficient (Wildman–Crippen LogP) is 2.08. The fourth-order valence-corrected chi connectivity index (χ4v) is 2.01. The Labute approximate surface area is 139 Å². The average molecular weight is 326 g/mol. The molecule has 0 bridgehead atoms. The smallest absolute Gasteiger partial charge is 0.222 e. The van der Waals surface area contributed by atoms with Crippen LogP contribution in [0.5, 0.6) is 0 Å². The minimum Gasteiger partial charge on any atom is -0.495 e.